The number of nitrogens with zero attached hydrogens (tertiary/aromatic N) is 4. The van der Waals surface area contributed by atoms with Crippen LogP contribution in [-0.2, 0) is 21.2 Å². The van der Waals surface area contributed by atoms with Crippen molar-refractivity contribution in [1.82, 2.24) is 19.6 Å². The monoisotopic (exact) mass is 354 g/mol. The van der Waals surface area contributed by atoms with Gasteiger partial charge in [-0.2, -0.15) is 5.10 Å². The van der Waals surface area contributed by atoms with E-state index in [2.05, 4.69) is 10.00 Å². The van der Waals surface area contributed by atoms with Crippen molar-refractivity contribution in [2.75, 3.05) is 38.2 Å². The number of amides is 1. The summed E-state index contributed by atoms with van der Waals surface area (Å²) in [6.45, 7) is 3.00. The summed E-state index contributed by atoms with van der Waals surface area (Å²) < 4.78 is 25.1. The lowest BCUT2D eigenvalue weighted by Crippen LogP contribution is -2.46. The number of piperidine rings is 1. The minimum atomic E-state index is -2.84. The molecule has 0 N–H and O–H groups in total. The summed E-state index contributed by atoms with van der Waals surface area (Å²) in [6.07, 6.45) is 6.01. The first-order valence-corrected chi connectivity index (χ1v) is 10.4. The van der Waals surface area contributed by atoms with Crippen molar-refractivity contribution in [2.24, 2.45) is 5.92 Å². The van der Waals surface area contributed by atoms with Crippen molar-refractivity contribution >= 4 is 15.7 Å². The Bertz CT molecular complexity index is 651. The molecule has 1 atom stereocenters. The molecule has 0 bridgehead atoms. The van der Waals surface area contributed by atoms with Crippen LogP contribution in [0.15, 0.2) is 18.5 Å². The Kier molecular flexibility index (Phi) is 5.24. The van der Waals surface area contributed by atoms with Crippen molar-refractivity contribution in [3.8, 4) is 0 Å². The Hall–Kier alpha value is -1.41. The quantitative estimate of drug-likeness (QED) is 0.757. The summed E-state index contributed by atoms with van der Waals surface area (Å²) >= 11 is 0. The highest BCUT2D eigenvalue weighted by Crippen LogP contribution is 2.25. The highest BCUT2D eigenvalue weighted by atomic mass is 32.2. The number of likely N-dealkylation sites (tertiary alicyclic amines) is 1. The average molecular weight is 354 g/mol. The molecule has 1 amide bonds. The first-order chi connectivity index (χ1) is 11.4. The van der Waals surface area contributed by atoms with Gasteiger partial charge in [0.2, 0.25) is 5.91 Å². The molecule has 3 rings (SSSR count). The molecule has 0 aromatic carbocycles. The van der Waals surface area contributed by atoms with E-state index in [0.717, 1.165) is 32.4 Å². The largest absolute Gasteiger partial charge is 0.344 e. The van der Waals surface area contributed by atoms with Gasteiger partial charge in [-0.15, -0.1) is 0 Å². The molecule has 134 valence electrons. The number of aromatic nitrogens is 2. The maximum Gasteiger partial charge on any atom is 0.225 e. The predicted octanol–water partition coefficient (Wildman–Crippen LogP) is 0.241. The number of carbonyl (C=O) groups is 1. The standard InChI is InChI=1S/C16H26N4O3S/c1-18(10-11-20-7-2-6-17-20)16(21)14-3-8-19(9-4-14)15-5-12-24(22,23)13-15/h2,6-7,14-15H,3-5,8-13H2,1H3/t15-/m0/s1. The lowest BCUT2D eigenvalue weighted by atomic mass is 9.94. The molecule has 0 spiro atoms. The van der Waals surface area contributed by atoms with Gasteiger partial charge in [-0.05, 0) is 38.4 Å². The topological polar surface area (TPSA) is 75.5 Å². The number of rotatable bonds is 5. The zero-order valence-electron chi connectivity index (χ0n) is 14.2. The van der Waals surface area contributed by atoms with Crippen LogP contribution in [0.5, 0.6) is 0 Å². The van der Waals surface area contributed by atoms with Crippen LogP contribution in [0.2, 0.25) is 0 Å². The number of hydrogen-bond donors (Lipinski definition) is 0. The first-order valence-electron chi connectivity index (χ1n) is 8.61. The van der Waals surface area contributed by atoms with Crippen LogP contribution in [-0.4, -0.2) is 78.1 Å². The smallest absolute Gasteiger partial charge is 0.225 e. The summed E-state index contributed by atoms with van der Waals surface area (Å²) in [7, 11) is -0.993. The highest BCUT2D eigenvalue weighted by molar-refractivity contribution is 7.91. The normalized spacial score (nSPS) is 25.0. The Morgan fingerprint density at radius 2 is 2.04 bits per heavy atom. The predicted molar refractivity (Wildman–Crippen MR) is 91.2 cm³/mol. The van der Waals surface area contributed by atoms with Gasteiger partial charge < -0.3 is 4.90 Å². The molecule has 2 aliphatic rings. The lowest BCUT2D eigenvalue weighted by Gasteiger charge is -2.36. The van der Waals surface area contributed by atoms with Crippen LogP contribution >= 0.6 is 0 Å². The van der Waals surface area contributed by atoms with Crippen LogP contribution in [0.3, 0.4) is 0 Å². The van der Waals surface area contributed by atoms with E-state index in [1.165, 1.54) is 0 Å². The van der Waals surface area contributed by atoms with E-state index in [1.807, 2.05) is 24.0 Å². The fourth-order valence-electron chi connectivity index (χ4n) is 3.68. The molecule has 0 unspecified atom stereocenters. The van der Waals surface area contributed by atoms with Gasteiger partial charge in [0.15, 0.2) is 9.84 Å². The molecular weight excluding hydrogens is 328 g/mol. The number of likely N-dealkylation sites (N-methyl/N-ethyl adjacent to an activating group) is 1. The second-order valence-corrected chi connectivity index (χ2v) is 9.12. The summed E-state index contributed by atoms with van der Waals surface area (Å²) in [4.78, 5) is 16.6. The number of hydrogen-bond acceptors (Lipinski definition) is 5. The molecule has 0 saturated carbocycles. The third-order valence-electron chi connectivity index (χ3n) is 5.20. The molecule has 1 aromatic heterocycles. The van der Waals surface area contributed by atoms with E-state index in [0.29, 0.717) is 18.8 Å². The van der Waals surface area contributed by atoms with Gasteiger partial charge in [0.1, 0.15) is 0 Å². The average Bonchev–Trinajstić information content (AvgIpc) is 3.21. The first kappa shape index (κ1) is 17.4. The maximum atomic E-state index is 12.6. The molecule has 0 radical (unpaired) electrons. The molecule has 8 heteroatoms. The second-order valence-electron chi connectivity index (χ2n) is 6.90. The van der Waals surface area contributed by atoms with Crippen molar-refractivity contribution in [2.45, 2.75) is 31.8 Å². The van der Waals surface area contributed by atoms with Crippen LogP contribution < -0.4 is 0 Å². The van der Waals surface area contributed by atoms with E-state index >= 15 is 0 Å². The SMILES string of the molecule is CN(CCn1cccn1)C(=O)C1CCN([C@H]2CCS(=O)(=O)C2)CC1. The molecule has 3 heterocycles. The van der Waals surface area contributed by atoms with Gasteiger partial charge in [0.05, 0.1) is 18.1 Å². The Morgan fingerprint density at radius 1 is 1.29 bits per heavy atom. The van der Waals surface area contributed by atoms with Crippen molar-refractivity contribution < 1.29 is 13.2 Å². The van der Waals surface area contributed by atoms with Crippen LogP contribution in [0.1, 0.15) is 19.3 Å². The summed E-state index contributed by atoms with van der Waals surface area (Å²) in [5.74, 6) is 0.852. The molecule has 2 saturated heterocycles. The molecule has 2 fully saturated rings. The molecule has 24 heavy (non-hydrogen) atoms. The Labute approximate surface area is 143 Å². The minimum absolute atomic E-state index is 0.0573. The molecule has 7 nitrogen and oxygen atoms in total. The fraction of sp³-hybridized carbons (Fsp3) is 0.750. The second kappa shape index (κ2) is 7.23. The van der Waals surface area contributed by atoms with E-state index < -0.39 is 9.84 Å². The molecule has 1 aromatic rings. The lowest BCUT2D eigenvalue weighted by molar-refractivity contribution is -0.136. The van der Waals surface area contributed by atoms with Gasteiger partial charge in [-0.25, -0.2) is 8.42 Å². The van der Waals surface area contributed by atoms with Gasteiger partial charge in [-0.1, -0.05) is 0 Å². The molecule has 2 aliphatic heterocycles. The van der Waals surface area contributed by atoms with E-state index in [1.54, 1.807) is 11.1 Å². The summed E-state index contributed by atoms with van der Waals surface area (Å²) in [5.41, 5.74) is 0. The van der Waals surface area contributed by atoms with Crippen molar-refractivity contribution in [3.63, 3.8) is 0 Å². The van der Waals surface area contributed by atoms with Gasteiger partial charge in [-0.3, -0.25) is 14.4 Å². The third kappa shape index (κ3) is 4.16. The van der Waals surface area contributed by atoms with Crippen molar-refractivity contribution in [3.05, 3.63) is 18.5 Å². The zero-order chi connectivity index (χ0) is 17.2. The molecular formula is C16H26N4O3S. The summed E-state index contributed by atoms with van der Waals surface area (Å²) in [5, 5.41) is 4.15. The fourth-order valence-corrected chi connectivity index (χ4v) is 5.44. The van der Waals surface area contributed by atoms with Gasteiger partial charge >= 0.3 is 0 Å². The van der Waals surface area contributed by atoms with Crippen LogP contribution in [0, 0.1) is 5.92 Å². The van der Waals surface area contributed by atoms with E-state index in [-0.39, 0.29) is 23.6 Å². The van der Waals surface area contributed by atoms with E-state index in [4.69, 9.17) is 0 Å². The number of sulfone groups is 1. The van der Waals surface area contributed by atoms with Crippen LogP contribution in [0.4, 0.5) is 0 Å². The summed E-state index contributed by atoms with van der Waals surface area (Å²) in [6, 6.07) is 2.03. The third-order valence-corrected chi connectivity index (χ3v) is 6.95. The van der Waals surface area contributed by atoms with Gasteiger partial charge in [0, 0.05) is 37.9 Å². The Morgan fingerprint density at radius 3 is 2.62 bits per heavy atom. The van der Waals surface area contributed by atoms with Crippen LogP contribution in [0.25, 0.3) is 0 Å². The van der Waals surface area contributed by atoms with E-state index in [9.17, 15) is 13.2 Å². The van der Waals surface area contributed by atoms with Crippen molar-refractivity contribution in [1.29, 1.82) is 0 Å². The molecule has 0 aliphatic carbocycles. The zero-order valence-corrected chi connectivity index (χ0v) is 15.0. The number of carbonyl (C=O) groups excluding carboxylic acids is 1. The Balaban J connectivity index is 1.44. The van der Waals surface area contributed by atoms with Gasteiger partial charge in [0.25, 0.3) is 0 Å². The minimum Gasteiger partial charge on any atom is -0.344 e. The maximum absolute atomic E-state index is 12.6. The highest BCUT2D eigenvalue weighted by Gasteiger charge is 2.35.